The van der Waals surface area contributed by atoms with Crippen molar-refractivity contribution in [3.63, 3.8) is 0 Å². The van der Waals surface area contributed by atoms with E-state index >= 15 is 0 Å². The number of benzene rings is 1. The van der Waals surface area contributed by atoms with Crippen LogP contribution in [0.2, 0.25) is 0 Å². The maximum absolute atomic E-state index is 11.6. The Morgan fingerprint density at radius 3 is 2.78 bits per heavy atom. The Bertz CT molecular complexity index is 503. The summed E-state index contributed by atoms with van der Waals surface area (Å²) in [4.78, 5) is 25.2. The van der Waals surface area contributed by atoms with Crippen molar-refractivity contribution < 1.29 is 19.8 Å². The highest BCUT2D eigenvalue weighted by molar-refractivity contribution is 7.99. The van der Waals surface area contributed by atoms with Gasteiger partial charge in [0.05, 0.1) is 24.0 Å². The van der Waals surface area contributed by atoms with Crippen LogP contribution in [0.1, 0.15) is 10.4 Å². The quantitative estimate of drug-likeness (QED) is 0.605. The molecule has 1 aliphatic rings. The molecule has 6 heteroatoms. The third-order valence-corrected chi connectivity index (χ3v) is 3.87. The Kier molecular flexibility index (Phi) is 3.70. The molecule has 0 fully saturated rings. The zero-order valence-corrected chi connectivity index (χ0v) is 10.6. The van der Waals surface area contributed by atoms with Gasteiger partial charge in [0.2, 0.25) is 0 Å². The van der Waals surface area contributed by atoms with Crippen LogP contribution in [0.4, 0.5) is 5.69 Å². The molecule has 96 valence electrons. The molecule has 0 bridgehead atoms. The maximum atomic E-state index is 11.6. The predicted molar refractivity (Wildman–Crippen MR) is 68.0 cm³/mol. The summed E-state index contributed by atoms with van der Waals surface area (Å²) in [5.41, 5.74) is 1.00. The molecular formula is C12H13NO4S. The first-order valence-electron chi connectivity index (χ1n) is 5.42. The number of anilines is 1. The van der Waals surface area contributed by atoms with E-state index in [4.69, 9.17) is 5.11 Å². The largest absolute Gasteiger partial charge is 0.394 e. The third-order valence-electron chi connectivity index (χ3n) is 2.73. The van der Waals surface area contributed by atoms with E-state index in [1.807, 2.05) is 0 Å². The van der Waals surface area contributed by atoms with E-state index in [0.29, 0.717) is 17.0 Å². The van der Waals surface area contributed by atoms with E-state index < -0.39 is 17.8 Å². The summed E-state index contributed by atoms with van der Waals surface area (Å²) in [5.74, 6) is -0.650. The van der Waals surface area contributed by atoms with Gasteiger partial charge in [0.1, 0.15) is 0 Å². The van der Waals surface area contributed by atoms with E-state index in [0.717, 1.165) is 4.90 Å². The molecule has 0 radical (unpaired) electrons. The summed E-state index contributed by atoms with van der Waals surface area (Å²) >= 11 is 1.36. The van der Waals surface area contributed by atoms with Gasteiger partial charge in [-0.2, -0.15) is 0 Å². The second kappa shape index (κ2) is 5.09. The fourth-order valence-corrected chi connectivity index (χ4v) is 2.54. The zero-order valence-electron chi connectivity index (χ0n) is 9.79. The normalized spacial score (nSPS) is 16.1. The minimum absolute atomic E-state index is 0.283. The van der Waals surface area contributed by atoms with Crippen molar-refractivity contribution >= 4 is 29.1 Å². The number of aliphatic hydroxyl groups is 2. The van der Waals surface area contributed by atoms with E-state index in [1.54, 1.807) is 25.2 Å². The maximum Gasteiger partial charge on any atom is 0.299 e. The minimum Gasteiger partial charge on any atom is -0.394 e. The van der Waals surface area contributed by atoms with E-state index in [9.17, 15) is 14.7 Å². The Hall–Kier alpha value is -1.37. The number of hydrogen-bond acceptors (Lipinski definition) is 5. The number of Topliss-reactive ketones (excluding diaryl/α,β-unsaturated/α-hetero) is 1. The predicted octanol–water partition coefficient (Wildman–Crippen LogP) is 0.291. The van der Waals surface area contributed by atoms with Crippen molar-refractivity contribution in [2.24, 2.45) is 0 Å². The molecule has 1 aromatic carbocycles. The lowest BCUT2D eigenvalue weighted by atomic mass is 10.1. The van der Waals surface area contributed by atoms with Gasteiger partial charge in [-0.3, -0.25) is 9.59 Å². The molecule has 0 spiro atoms. The molecule has 2 N–H and O–H groups in total. The van der Waals surface area contributed by atoms with Crippen LogP contribution in [0.5, 0.6) is 0 Å². The fraction of sp³-hybridized carbons (Fsp3) is 0.333. The molecule has 0 saturated heterocycles. The third kappa shape index (κ3) is 2.27. The van der Waals surface area contributed by atoms with Gasteiger partial charge < -0.3 is 15.1 Å². The number of amides is 1. The van der Waals surface area contributed by atoms with Crippen molar-refractivity contribution in [1.82, 2.24) is 0 Å². The van der Waals surface area contributed by atoms with Crippen LogP contribution in [0.25, 0.3) is 0 Å². The molecule has 2 rings (SSSR count). The molecule has 1 aromatic rings. The fourth-order valence-electron chi connectivity index (χ4n) is 1.69. The monoisotopic (exact) mass is 267 g/mol. The number of likely N-dealkylation sites (N-methyl/N-ethyl adjacent to an activating group) is 1. The van der Waals surface area contributed by atoms with E-state index in [-0.39, 0.29) is 6.61 Å². The number of rotatable bonds is 4. The smallest absolute Gasteiger partial charge is 0.299 e. The highest BCUT2D eigenvalue weighted by Gasteiger charge is 2.33. The Morgan fingerprint density at radius 1 is 1.39 bits per heavy atom. The number of carbonyl (C=O) groups is 2. The van der Waals surface area contributed by atoms with Gasteiger partial charge in [-0.25, -0.2) is 0 Å². The van der Waals surface area contributed by atoms with E-state index in [1.165, 1.54) is 16.7 Å². The van der Waals surface area contributed by atoms with Crippen LogP contribution < -0.4 is 4.90 Å². The molecule has 1 atom stereocenters. The van der Waals surface area contributed by atoms with Crippen LogP contribution in [0, 0.1) is 0 Å². The first-order valence-corrected chi connectivity index (χ1v) is 6.41. The summed E-state index contributed by atoms with van der Waals surface area (Å²) in [7, 11) is 1.56. The summed E-state index contributed by atoms with van der Waals surface area (Å²) in [6.45, 7) is -0.283. The van der Waals surface area contributed by atoms with Gasteiger partial charge >= 0.3 is 0 Å². The van der Waals surface area contributed by atoms with Gasteiger partial charge in [-0.15, -0.1) is 11.8 Å². The molecule has 1 aliphatic heterocycles. The molecule has 5 nitrogen and oxygen atoms in total. The van der Waals surface area contributed by atoms with Crippen LogP contribution in [-0.2, 0) is 4.79 Å². The van der Waals surface area contributed by atoms with Gasteiger partial charge in [-0.05, 0) is 18.2 Å². The first kappa shape index (κ1) is 13.1. The van der Waals surface area contributed by atoms with Crippen LogP contribution in [0.3, 0.4) is 0 Å². The van der Waals surface area contributed by atoms with Crippen molar-refractivity contribution in [2.75, 3.05) is 24.3 Å². The van der Waals surface area contributed by atoms with Crippen molar-refractivity contribution in [3.05, 3.63) is 23.8 Å². The number of thioether (sulfide) groups is 1. The summed E-state index contributed by atoms with van der Waals surface area (Å²) in [5, 5.41) is 18.0. The standard InChI is InChI=1S/C12H13NO4S/c1-13-10-4-8(18-6-7(15)5-14)2-3-9(10)11(16)12(13)17/h2-4,7,14-15H,5-6H2,1H3. The van der Waals surface area contributed by atoms with Crippen LogP contribution >= 0.6 is 11.8 Å². The van der Waals surface area contributed by atoms with Crippen molar-refractivity contribution in [2.45, 2.75) is 11.0 Å². The van der Waals surface area contributed by atoms with Crippen LogP contribution in [0.15, 0.2) is 23.1 Å². The molecule has 0 aliphatic carbocycles. The number of carbonyl (C=O) groups excluding carboxylic acids is 2. The Morgan fingerprint density at radius 2 is 2.11 bits per heavy atom. The molecule has 1 unspecified atom stereocenters. The Balaban J connectivity index is 2.19. The highest BCUT2D eigenvalue weighted by Crippen LogP contribution is 2.32. The lowest BCUT2D eigenvalue weighted by Crippen LogP contribution is -2.24. The molecule has 1 heterocycles. The summed E-state index contributed by atoms with van der Waals surface area (Å²) < 4.78 is 0. The molecule has 1 amide bonds. The van der Waals surface area contributed by atoms with Crippen molar-refractivity contribution in [3.8, 4) is 0 Å². The van der Waals surface area contributed by atoms with Gasteiger partial charge in [0.25, 0.3) is 11.7 Å². The second-order valence-electron chi connectivity index (χ2n) is 4.02. The molecule has 0 aromatic heterocycles. The second-order valence-corrected chi connectivity index (χ2v) is 5.11. The molecule has 18 heavy (non-hydrogen) atoms. The van der Waals surface area contributed by atoms with Crippen LogP contribution in [-0.4, -0.2) is 47.4 Å². The Labute approximate surface area is 108 Å². The average molecular weight is 267 g/mol. The van der Waals surface area contributed by atoms with Gasteiger partial charge in [0, 0.05) is 17.7 Å². The lowest BCUT2D eigenvalue weighted by molar-refractivity contribution is -0.114. The van der Waals surface area contributed by atoms with Gasteiger partial charge in [-0.1, -0.05) is 0 Å². The number of ketones is 1. The topological polar surface area (TPSA) is 77.8 Å². The summed E-state index contributed by atoms with van der Waals surface area (Å²) in [6, 6.07) is 5.09. The van der Waals surface area contributed by atoms with E-state index in [2.05, 4.69) is 0 Å². The molecule has 0 saturated carbocycles. The molecular weight excluding hydrogens is 254 g/mol. The zero-order chi connectivity index (χ0) is 13.3. The number of nitrogens with zero attached hydrogens (tertiary/aromatic N) is 1. The lowest BCUT2D eigenvalue weighted by Gasteiger charge is -2.11. The summed E-state index contributed by atoms with van der Waals surface area (Å²) in [6.07, 6.45) is -0.774. The average Bonchev–Trinajstić information content (AvgIpc) is 2.61. The number of fused-ring (bicyclic) bond motifs is 1. The SMILES string of the molecule is CN1C(=O)C(=O)c2ccc(SCC(O)CO)cc21. The van der Waals surface area contributed by atoms with Crippen molar-refractivity contribution in [1.29, 1.82) is 0 Å². The first-order chi connectivity index (χ1) is 8.54. The highest BCUT2D eigenvalue weighted by atomic mass is 32.2. The van der Waals surface area contributed by atoms with Gasteiger partial charge in [0.15, 0.2) is 0 Å². The number of aliphatic hydroxyl groups excluding tert-OH is 2. The minimum atomic E-state index is -0.774. The number of hydrogen-bond donors (Lipinski definition) is 2.